The highest BCUT2D eigenvalue weighted by Crippen LogP contribution is 2.30. The van der Waals surface area contributed by atoms with Gasteiger partial charge in [-0.2, -0.15) is 0 Å². The van der Waals surface area contributed by atoms with Crippen LogP contribution in [0.3, 0.4) is 0 Å². The Balaban J connectivity index is 2.57. The third-order valence-electron chi connectivity index (χ3n) is 2.79. The number of nitrogens with two attached hydrogens (primary N) is 1. The molecule has 18 heavy (non-hydrogen) atoms. The number of thiocarbonyl (C=S) groups is 1. The average Bonchev–Trinajstić information content (AvgIpc) is 2.30. The largest absolute Gasteiger partial charge is 0.497 e. The Morgan fingerprint density at radius 2 is 2.11 bits per heavy atom. The average molecular weight is 332 g/mol. The second-order valence-corrected chi connectivity index (χ2v) is 5.94. The van der Waals surface area contributed by atoms with Crippen molar-refractivity contribution in [2.24, 2.45) is 11.1 Å². The minimum Gasteiger partial charge on any atom is -0.497 e. The lowest BCUT2D eigenvalue weighted by Crippen LogP contribution is -2.31. The molecule has 0 spiro atoms. The summed E-state index contributed by atoms with van der Waals surface area (Å²) >= 11 is 8.46. The highest BCUT2D eigenvalue weighted by molar-refractivity contribution is 9.10. The lowest BCUT2D eigenvalue weighted by molar-refractivity contribution is 0.268. The lowest BCUT2D eigenvalue weighted by Gasteiger charge is -2.23. The number of hydrogen-bond donors (Lipinski definition) is 1. The van der Waals surface area contributed by atoms with E-state index in [4.69, 9.17) is 27.4 Å². The van der Waals surface area contributed by atoms with Crippen LogP contribution >= 0.6 is 28.1 Å². The summed E-state index contributed by atoms with van der Waals surface area (Å²) in [6, 6.07) is 5.60. The smallest absolute Gasteiger partial charge is 0.133 e. The van der Waals surface area contributed by atoms with Crippen molar-refractivity contribution in [1.82, 2.24) is 0 Å². The van der Waals surface area contributed by atoms with Crippen LogP contribution in [0.4, 0.5) is 0 Å². The van der Waals surface area contributed by atoms with Crippen molar-refractivity contribution in [3.8, 4) is 11.5 Å². The molecule has 0 amide bonds. The number of halogens is 1. The Kier molecular flexibility index (Phi) is 5.41. The number of rotatable bonds is 6. The maximum Gasteiger partial charge on any atom is 0.133 e. The maximum absolute atomic E-state index is 5.70. The molecule has 2 N–H and O–H groups in total. The second kappa shape index (κ2) is 6.38. The fourth-order valence-corrected chi connectivity index (χ4v) is 1.84. The van der Waals surface area contributed by atoms with E-state index in [-0.39, 0.29) is 5.41 Å². The third kappa shape index (κ3) is 4.14. The van der Waals surface area contributed by atoms with E-state index in [1.165, 1.54) is 0 Å². The molecule has 0 aromatic heterocycles. The van der Waals surface area contributed by atoms with Gasteiger partial charge in [-0.1, -0.05) is 26.1 Å². The molecule has 0 aliphatic rings. The first-order valence-corrected chi connectivity index (χ1v) is 6.83. The Morgan fingerprint density at radius 3 is 2.61 bits per heavy atom. The number of benzene rings is 1. The molecule has 100 valence electrons. The van der Waals surface area contributed by atoms with Gasteiger partial charge in [0.15, 0.2) is 0 Å². The summed E-state index contributed by atoms with van der Waals surface area (Å²) in [6.07, 6.45) is 0.779. The molecule has 0 aliphatic carbocycles. The topological polar surface area (TPSA) is 44.5 Å². The predicted molar refractivity (Wildman–Crippen MR) is 81.4 cm³/mol. The molecule has 1 aromatic rings. The molecule has 0 aliphatic heterocycles. The van der Waals surface area contributed by atoms with E-state index in [1.807, 2.05) is 32.0 Å². The predicted octanol–water partition coefficient (Wildman–Crippen LogP) is 3.54. The molecule has 0 heterocycles. The van der Waals surface area contributed by atoms with E-state index in [9.17, 15) is 0 Å². The van der Waals surface area contributed by atoms with Crippen LogP contribution in [-0.2, 0) is 0 Å². The van der Waals surface area contributed by atoms with Gasteiger partial charge in [-0.25, -0.2) is 0 Å². The summed E-state index contributed by atoms with van der Waals surface area (Å²) in [5.74, 6) is 1.58. The van der Waals surface area contributed by atoms with Gasteiger partial charge in [-0.3, -0.25) is 0 Å². The molecule has 0 saturated carbocycles. The lowest BCUT2D eigenvalue weighted by atomic mass is 9.90. The molecule has 0 saturated heterocycles. The van der Waals surface area contributed by atoms with Gasteiger partial charge in [0.1, 0.15) is 11.5 Å². The quantitative estimate of drug-likeness (QED) is 0.810. The van der Waals surface area contributed by atoms with Gasteiger partial charge >= 0.3 is 0 Å². The summed E-state index contributed by atoms with van der Waals surface area (Å²) in [5, 5.41) is 0. The Bertz CT molecular complexity index is 435. The first-order chi connectivity index (χ1) is 8.36. The summed E-state index contributed by atoms with van der Waals surface area (Å²) in [4.78, 5) is 0.514. The molecule has 0 bridgehead atoms. The zero-order chi connectivity index (χ0) is 13.8. The standard InChI is InChI=1S/C13H18BrNO2S/c1-13(2,12(15)18)6-7-17-11-5-4-9(16-3)8-10(11)14/h4-5,8H,6-7H2,1-3H3,(H2,15,18). The van der Waals surface area contributed by atoms with Gasteiger partial charge in [-0.15, -0.1) is 0 Å². The van der Waals surface area contributed by atoms with Crippen molar-refractivity contribution >= 4 is 33.1 Å². The molecule has 0 radical (unpaired) electrons. The number of hydrogen-bond acceptors (Lipinski definition) is 3. The van der Waals surface area contributed by atoms with Crippen LogP contribution in [0.1, 0.15) is 20.3 Å². The fraction of sp³-hybridized carbons (Fsp3) is 0.462. The molecule has 1 aromatic carbocycles. The van der Waals surface area contributed by atoms with E-state index in [2.05, 4.69) is 15.9 Å². The summed E-state index contributed by atoms with van der Waals surface area (Å²) in [6.45, 7) is 4.60. The van der Waals surface area contributed by atoms with Crippen LogP contribution in [0.2, 0.25) is 0 Å². The van der Waals surface area contributed by atoms with Crippen molar-refractivity contribution in [1.29, 1.82) is 0 Å². The van der Waals surface area contributed by atoms with E-state index in [0.717, 1.165) is 22.4 Å². The normalized spacial score (nSPS) is 11.1. The van der Waals surface area contributed by atoms with Crippen LogP contribution in [0.15, 0.2) is 22.7 Å². The molecule has 0 fully saturated rings. The van der Waals surface area contributed by atoms with Crippen LogP contribution in [0.25, 0.3) is 0 Å². The van der Waals surface area contributed by atoms with Crippen molar-refractivity contribution in [2.45, 2.75) is 20.3 Å². The highest BCUT2D eigenvalue weighted by atomic mass is 79.9. The van der Waals surface area contributed by atoms with E-state index in [0.29, 0.717) is 11.6 Å². The SMILES string of the molecule is COc1ccc(OCCC(C)(C)C(N)=S)c(Br)c1. The summed E-state index contributed by atoms with van der Waals surface area (Å²) in [7, 11) is 1.63. The molecule has 1 rings (SSSR count). The Hall–Kier alpha value is -0.810. The van der Waals surface area contributed by atoms with E-state index >= 15 is 0 Å². The monoisotopic (exact) mass is 331 g/mol. The van der Waals surface area contributed by atoms with Crippen LogP contribution in [0, 0.1) is 5.41 Å². The molecular weight excluding hydrogens is 314 g/mol. The van der Waals surface area contributed by atoms with Gasteiger partial charge in [0.2, 0.25) is 0 Å². The first kappa shape index (κ1) is 15.2. The van der Waals surface area contributed by atoms with Gasteiger partial charge < -0.3 is 15.2 Å². The van der Waals surface area contributed by atoms with E-state index in [1.54, 1.807) is 7.11 Å². The zero-order valence-corrected chi connectivity index (χ0v) is 13.2. The number of ether oxygens (including phenoxy) is 2. The van der Waals surface area contributed by atoms with Crippen molar-refractivity contribution in [2.75, 3.05) is 13.7 Å². The molecule has 0 unspecified atom stereocenters. The van der Waals surface area contributed by atoms with Crippen molar-refractivity contribution < 1.29 is 9.47 Å². The first-order valence-electron chi connectivity index (χ1n) is 5.63. The highest BCUT2D eigenvalue weighted by Gasteiger charge is 2.21. The molecule has 3 nitrogen and oxygen atoms in total. The Labute approximate surface area is 122 Å². The van der Waals surface area contributed by atoms with Crippen LogP contribution in [-0.4, -0.2) is 18.7 Å². The minimum atomic E-state index is -0.186. The van der Waals surface area contributed by atoms with E-state index < -0.39 is 0 Å². The van der Waals surface area contributed by atoms with Crippen molar-refractivity contribution in [3.05, 3.63) is 22.7 Å². The van der Waals surface area contributed by atoms with Gasteiger partial charge in [0.25, 0.3) is 0 Å². The van der Waals surface area contributed by atoms with Crippen molar-refractivity contribution in [3.63, 3.8) is 0 Å². The van der Waals surface area contributed by atoms with Gasteiger partial charge in [-0.05, 0) is 40.5 Å². The second-order valence-electron chi connectivity index (χ2n) is 4.64. The van der Waals surface area contributed by atoms with Crippen LogP contribution < -0.4 is 15.2 Å². The Morgan fingerprint density at radius 1 is 1.44 bits per heavy atom. The summed E-state index contributed by atoms with van der Waals surface area (Å²) < 4.78 is 11.7. The van der Waals surface area contributed by atoms with Gasteiger partial charge in [0, 0.05) is 5.41 Å². The summed E-state index contributed by atoms with van der Waals surface area (Å²) in [5.41, 5.74) is 5.48. The third-order valence-corrected chi connectivity index (χ3v) is 3.96. The molecule has 0 atom stereocenters. The fourth-order valence-electron chi connectivity index (χ4n) is 1.26. The minimum absolute atomic E-state index is 0.186. The maximum atomic E-state index is 5.70. The molecule has 5 heteroatoms. The van der Waals surface area contributed by atoms with Gasteiger partial charge in [0.05, 0.1) is 23.2 Å². The molecular formula is C13H18BrNO2S. The zero-order valence-electron chi connectivity index (χ0n) is 10.8. The number of methoxy groups -OCH3 is 1. The van der Waals surface area contributed by atoms with Crippen LogP contribution in [0.5, 0.6) is 11.5 Å².